The number of rotatable bonds is 7. The van der Waals surface area contributed by atoms with Gasteiger partial charge in [0.1, 0.15) is 5.75 Å². The topological polar surface area (TPSA) is 72.5 Å². The Hall–Kier alpha value is -1.35. The van der Waals surface area contributed by atoms with E-state index in [4.69, 9.17) is 0 Å². The zero-order valence-corrected chi connectivity index (χ0v) is 13.8. The number of benzene rings is 1. The highest BCUT2D eigenvalue weighted by Crippen LogP contribution is 2.24. The first kappa shape index (κ1) is 18.0. The second-order valence-corrected chi connectivity index (χ2v) is 8.62. The molecule has 0 radical (unpaired) electrons. The van der Waals surface area contributed by atoms with Gasteiger partial charge in [0.2, 0.25) is 5.91 Å². The monoisotopic (exact) mass is 365 g/mol. The average molecular weight is 365 g/mol. The molecule has 2 rings (SSSR count). The summed E-state index contributed by atoms with van der Waals surface area (Å²) in [7, 11) is -2.96. The van der Waals surface area contributed by atoms with Gasteiger partial charge in [-0.3, -0.25) is 4.79 Å². The number of hydrogen-bond acceptors (Lipinski definition) is 5. The standard InChI is InChI=1S/C14H17F2NO4S2/c15-14(16)21-12-4-2-1-3-10(12)7-17-13(18)8-22-11-5-6-23(19,20)9-11/h1-4,11,14H,5-9H2,(H,17,18). The number of hydrogen-bond donors (Lipinski definition) is 1. The summed E-state index contributed by atoms with van der Waals surface area (Å²) in [6, 6.07) is 6.23. The van der Waals surface area contributed by atoms with Gasteiger partial charge in [0.05, 0.1) is 17.3 Å². The van der Waals surface area contributed by atoms with Crippen molar-refractivity contribution >= 4 is 27.5 Å². The molecule has 1 unspecified atom stereocenters. The van der Waals surface area contributed by atoms with E-state index in [1.165, 1.54) is 17.8 Å². The number of carbonyl (C=O) groups excluding carboxylic acids is 1. The largest absolute Gasteiger partial charge is 0.434 e. The Morgan fingerprint density at radius 3 is 2.78 bits per heavy atom. The summed E-state index contributed by atoms with van der Waals surface area (Å²) < 4.78 is 51.6. The van der Waals surface area contributed by atoms with E-state index < -0.39 is 16.4 Å². The molecule has 1 atom stereocenters. The Balaban J connectivity index is 1.78. The van der Waals surface area contributed by atoms with Crippen molar-refractivity contribution in [3.05, 3.63) is 29.8 Å². The Labute approximate surface area is 137 Å². The maximum atomic E-state index is 12.3. The molecule has 23 heavy (non-hydrogen) atoms. The fraction of sp³-hybridized carbons (Fsp3) is 0.500. The molecular weight excluding hydrogens is 348 g/mol. The van der Waals surface area contributed by atoms with Crippen molar-refractivity contribution in [2.24, 2.45) is 0 Å². The Bertz CT molecular complexity index is 652. The second-order valence-electron chi connectivity index (χ2n) is 5.10. The van der Waals surface area contributed by atoms with Crippen LogP contribution in [0.25, 0.3) is 0 Å². The molecule has 1 saturated heterocycles. The van der Waals surface area contributed by atoms with Gasteiger partial charge in [-0.25, -0.2) is 8.42 Å². The number of thioether (sulfide) groups is 1. The highest BCUT2D eigenvalue weighted by molar-refractivity contribution is 8.02. The van der Waals surface area contributed by atoms with E-state index in [0.717, 1.165) is 0 Å². The van der Waals surface area contributed by atoms with Crippen LogP contribution in [0.2, 0.25) is 0 Å². The van der Waals surface area contributed by atoms with Gasteiger partial charge < -0.3 is 10.1 Å². The van der Waals surface area contributed by atoms with Crippen LogP contribution in [0.5, 0.6) is 5.75 Å². The molecule has 0 aliphatic carbocycles. The first-order valence-corrected chi connectivity index (χ1v) is 9.84. The lowest BCUT2D eigenvalue weighted by atomic mass is 10.2. The van der Waals surface area contributed by atoms with E-state index in [1.807, 2.05) is 0 Å². The summed E-state index contributed by atoms with van der Waals surface area (Å²) in [6.45, 7) is -2.85. The zero-order valence-electron chi connectivity index (χ0n) is 12.2. The third-order valence-corrected chi connectivity index (χ3v) is 6.59. The van der Waals surface area contributed by atoms with Gasteiger partial charge in [0.15, 0.2) is 9.84 Å². The number of halogens is 2. The first-order chi connectivity index (χ1) is 10.9. The van der Waals surface area contributed by atoms with Gasteiger partial charge in [0.25, 0.3) is 0 Å². The minimum atomic E-state index is -2.96. The van der Waals surface area contributed by atoms with Gasteiger partial charge in [-0.05, 0) is 12.5 Å². The Kier molecular flexibility index (Phi) is 6.23. The van der Waals surface area contributed by atoms with Gasteiger partial charge in [0, 0.05) is 17.4 Å². The van der Waals surface area contributed by atoms with Crippen molar-refractivity contribution < 1.29 is 26.7 Å². The molecule has 9 heteroatoms. The van der Waals surface area contributed by atoms with Crippen LogP contribution in [0.3, 0.4) is 0 Å². The van der Waals surface area contributed by atoms with Crippen LogP contribution in [0.15, 0.2) is 24.3 Å². The molecule has 1 heterocycles. The second kappa shape index (κ2) is 7.96. The van der Waals surface area contributed by atoms with E-state index in [9.17, 15) is 22.0 Å². The molecule has 0 spiro atoms. The maximum Gasteiger partial charge on any atom is 0.387 e. The molecule has 128 valence electrons. The molecule has 1 amide bonds. The fourth-order valence-corrected chi connectivity index (χ4v) is 5.66. The van der Waals surface area contributed by atoms with Gasteiger partial charge in [-0.1, -0.05) is 18.2 Å². The predicted molar refractivity (Wildman–Crippen MR) is 84.4 cm³/mol. The summed E-state index contributed by atoms with van der Waals surface area (Å²) in [5.41, 5.74) is 0.453. The molecule has 1 N–H and O–H groups in total. The van der Waals surface area contributed by atoms with Crippen molar-refractivity contribution in [1.82, 2.24) is 5.32 Å². The molecule has 1 aliphatic heterocycles. The molecule has 0 saturated carbocycles. The third-order valence-electron chi connectivity index (χ3n) is 3.31. The van der Waals surface area contributed by atoms with Crippen molar-refractivity contribution in [3.63, 3.8) is 0 Å². The van der Waals surface area contributed by atoms with Crippen molar-refractivity contribution in [3.8, 4) is 5.75 Å². The molecule has 1 aromatic carbocycles. The molecule has 1 aliphatic rings. The summed E-state index contributed by atoms with van der Waals surface area (Å²) in [5.74, 6) is 0.169. The van der Waals surface area contributed by atoms with Crippen LogP contribution < -0.4 is 10.1 Å². The zero-order chi connectivity index (χ0) is 16.9. The Morgan fingerprint density at radius 2 is 2.13 bits per heavy atom. The Morgan fingerprint density at radius 1 is 1.39 bits per heavy atom. The maximum absolute atomic E-state index is 12.3. The molecular formula is C14H17F2NO4S2. The average Bonchev–Trinajstić information content (AvgIpc) is 2.83. The summed E-state index contributed by atoms with van der Waals surface area (Å²) in [6.07, 6.45) is 0.561. The van der Waals surface area contributed by atoms with Crippen LogP contribution in [0, 0.1) is 0 Å². The van der Waals surface area contributed by atoms with Crippen LogP contribution in [0.1, 0.15) is 12.0 Å². The number of para-hydroxylation sites is 1. The number of nitrogens with one attached hydrogen (secondary N) is 1. The lowest BCUT2D eigenvalue weighted by Gasteiger charge is -2.12. The van der Waals surface area contributed by atoms with Crippen LogP contribution in [-0.4, -0.2) is 43.4 Å². The summed E-state index contributed by atoms with van der Waals surface area (Å²) >= 11 is 1.30. The van der Waals surface area contributed by atoms with Crippen LogP contribution in [0.4, 0.5) is 8.78 Å². The quantitative estimate of drug-likeness (QED) is 0.798. The normalized spacial score (nSPS) is 19.7. The number of sulfone groups is 1. The highest BCUT2D eigenvalue weighted by Gasteiger charge is 2.28. The molecule has 5 nitrogen and oxygen atoms in total. The molecule has 0 bridgehead atoms. The molecule has 0 aromatic heterocycles. The molecule has 1 aromatic rings. The molecule has 1 fully saturated rings. The van der Waals surface area contributed by atoms with Gasteiger partial charge in [-0.2, -0.15) is 8.78 Å². The van der Waals surface area contributed by atoms with Crippen molar-refractivity contribution in [1.29, 1.82) is 0 Å². The van der Waals surface area contributed by atoms with E-state index in [-0.39, 0.29) is 40.7 Å². The minimum absolute atomic E-state index is 0.0253. The van der Waals surface area contributed by atoms with Crippen LogP contribution in [-0.2, 0) is 21.2 Å². The van der Waals surface area contributed by atoms with E-state index in [2.05, 4.69) is 10.1 Å². The van der Waals surface area contributed by atoms with Gasteiger partial charge >= 0.3 is 6.61 Å². The number of alkyl halides is 2. The van der Waals surface area contributed by atoms with E-state index in [0.29, 0.717) is 12.0 Å². The highest BCUT2D eigenvalue weighted by atomic mass is 32.2. The number of ether oxygens (including phenoxy) is 1. The predicted octanol–water partition coefficient (Wildman–Crippen LogP) is 1.82. The van der Waals surface area contributed by atoms with Crippen molar-refractivity contribution in [2.45, 2.75) is 24.8 Å². The fourth-order valence-electron chi connectivity index (χ4n) is 2.19. The number of carbonyl (C=O) groups is 1. The first-order valence-electron chi connectivity index (χ1n) is 6.97. The smallest absolute Gasteiger partial charge is 0.387 e. The van der Waals surface area contributed by atoms with Crippen molar-refractivity contribution in [2.75, 3.05) is 17.3 Å². The van der Waals surface area contributed by atoms with E-state index in [1.54, 1.807) is 18.2 Å². The summed E-state index contributed by atoms with van der Waals surface area (Å²) in [4.78, 5) is 11.8. The lowest BCUT2D eigenvalue weighted by Crippen LogP contribution is -2.26. The van der Waals surface area contributed by atoms with Crippen LogP contribution >= 0.6 is 11.8 Å². The van der Waals surface area contributed by atoms with E-state index >= 15 is 0 Å². The minimum Gasteiger partial charge on any atom is -0.434 e. The number of amides is 1. The third kappa shape index (κ3) is 5.98. The summed E-state index contributed by atoms with van der Waals surface area (Å²) in [5, 5.41) is 2.57. The van der Waals surface area contributed by atoms with Gasteiger partial charge in [-0.15, -0.1) is 11.8 Å². The lowest BCUT2D eigenvalue weighted by molar-refractivity contribution is -0.118. The SMILES string of the molecule is O=C(CSC1CCS(=O)(=O)C1)NCc1ccccc1OC(F)F.